The zero-order valence-corrected chi connectivity index (χ0v) is 10.4. The summed E-state index contributed by atoms with van der Waals surface area (Å²) in [7, 11) is 0. The van der Waals surface area contributed by atoms with Gasteiger partial charge in [0.05, 0.1) is 6.10 Å². The van der Waals surface area contributed by atoms with Crippen LogP contribution in [0.4, 0.5) is 0 Å². The first-order valence-electron chi connectivity index (χ1n) is 6.36. The second-order valence-electron chi connectivity index (χ2n) is 4.72. The SMILES string of the molecule is CC(O)CNC(=O)C(=O)NC1CCCCCC1. The second kappa shape index (κ2) is 7.27. The summed E-state index contributed by atoms with van der Waals surface area (Å²) in [4.78, 5) is 22.9. The fourth-order valence-corrected chi connectivity index (χ4v) is 2.00. The van der Waals surface area contributed by atoms with Gasteiger partial charge in [-0.1, -0.05) is 25.7 Å². The molecule has 1 atom stereocenters. The largest absolute Gasteiger partial charge is 0.392 e. The van der Waals surface area contributed by atoms with E-state index in [2.05, 4.69) is 10.6 Å². The zero-order valence-electron chi connectivity index (χ0n) is 10.4. The van der Waals surface area contributed by atoms with Crippen molar-refractivity contribution in [2.75, 3.05) is 6.54 Å². The van der Waals surface area contributed by atoms with Crippen molar-refractivity contribution in [3.63, 3.8) is 0 Å². The molecule has 0 aromatic heterocycles. The minimum absolute atomic E-state index is 0.108. The maximum absolute atomic E-state index is 11.5. The Morgan fingerprint density at radius 3 is 2.29 bits per heavy atom. The van der Waals surface area contributed by atoms with Crippen molar-refractivity contribution in [2.45, 2.75) is 57.6 Å². The van der Waals surface area contributed by atoms with Crippen LogP contribution < -0.4 is 10.6 Å². The molecule has 1 unspecified atom stereocenters. The molecule has 0 aromatic carbocycles. The van der Waals surface area contributed by atoms with Gasteiger partial charge in [-0.25, -0.2) is 0 Å². The van der Waals surface area contributed by atoms with Gasteiger partial charge in [0.25, 0.3) is 0 Å². The molecule has 0 bridgehead atoms. The first-order valence-corrected chi connectivity index (χ1v) is 6.36. The predicted octanol–water partition coefficient (Wildman–Crippen LogP) is 0.322. The van der Waals surface area contributed by atoms with Crippen molar-refractivity contribution < 1.29 is 14.7 Å². The van der Waals surface area contributed by atoms with Crippen molar-refractivity contribution in [1.82, 2.24) is 10.6 Å². The molecule has 1 saturated carbocycles. The molecule has 3 N–H and O–H groups in total. The number of carbonyl (C=O) groups is 2. The lowest BCUT2D eigenvalue weighted by Crippen LogP contribution is -2.45. The Morgan fingerprint density at radius 1 is 1.18 bits per heavy atom. The number of carbonyl (C=O) groups excluding carboxylic acids is 2. The quantitative estimate of drug-likeness (QED) is 0.493. The molecule has 17 heavy (non-hydrogen) atoms. The zero-order chi connectivity index (χ0) is 12.7. The van der Waals surface area contributed by atoms with Crippen molar-refractivity contribution in [3.8, 4) is 0 Å². The van der Waals surface area contributed by atoms with Crippen molar-refractivity contribution in [1.29, 1.82) is 0 Å². The highest BCUT2D eigenvalue weighted by Crippen LogP contribution is 2.16. The normalized spacial score (nSPS) is 19.2. The van der Waals surface area contributed by atoms with Crippen LogP contribution in [0.15, 0.2) is 0 Å². The lowest BCUT2D eigenvalue weighted by Gasteiger charge is -2.16. The van der Waals surface area contributed by atoms with Gasteiger partial charge in [-0.3, -0.25) is 9.59 Å². The topological polar surface area (TPSA) is 78.4 Å². The third-order valence-corrected chi connectivity index (χ3v) is 2.95. The molecule has 1 aliphatic carbocycles. The standard InChI is InChI=1S/C12H22N2O3/c1-9(15)8-13-11(16)12(17)14-10-6-4-2-3-5-7-10/h9-10,15H,2-8H2,1H3,(H,13,16)(H,14,17). The number of nitrogens with one attached hydrogen (secondary N) is 2. The summed E-state index contributed by atoms with van der Waals surface area (Å²) in [5.74, 6) is -1.24. The van der Waals surface area contributed by atoms with E-state index in [1.807, 2.05) is 0 Å². The lowest BCUT2D eigenvalue weighted by atomic mass is 10.1. The Hall–Kier alpha value is -1.10. The molecule has 2 amide bonds. The van der Waals surface area contributed by atoms with Crippen LogP contribution in [0.25, 0.3) is 0 Å². The number of aliphatic hydroxyl groups excluding tert-OH is 1. The van der Waals surface area contributed by atoms with Crippen LogP contribution in [0, 0.1) is 0 Å². The summed E-state index contributed by atoms with van der Waals surface area (Å²) >= 11 is 0. The molecule has 1 fully saturated rings. The molecule has 1 aliphatic rings. The van der Waals surface area contributed by atoms with E-state index in [-0.39, 0.29) is 12.6 Å². The smallest absolute Gasteiger partial charge is 0.309 e. The van der Waals surface area contributed by atoms with E-state index >= 15 is 0 Å². The Balaban J connectivity index is 2.29. The molecule has 0 spiro atoms. The number of rotatable bonds is 3. The third-order valence-electron chi connectivity index (χ3n) is 2.95. The van der Waals surface area contributed by atoms with Gasteiger partial charge in [-0.15, -0.1) is 0 Å². The Labute approximate surface area is 102 Å². The van der Waals surface area contributed by atoms with Crippen molar-refractivity contribution in [2.24, 2.45) is 0 Å². The number of hydrogen-bond donors (Lipinski definition) is 3. The minimum Gasteiger partial charge on any atom is -0.392 e. The van der Waals surface area contributed by atoms with Gasteiger partial charge in [-0.2, -0.15) is 0 Å². The van der Waals surface area contributed by atoms with E-state index in [4.69, 9.17) is 5.11 Å². The van der Waals surface area contributed by atoms with E-state index in [9.17, 15) is 9.59 Å². The summed E-state index contributed by atoms with van der Waals surface area (Å²) in [5, 5.41) is 14.1. The molecule has 0 aliphatic heterocycles. The van der Waals surface area contributed by atoms with Crippen LogP contribution >= 0.6 is 0 Å². The molecular weight excluding hydrogens is 220 g/mol. The highest BCUT2D eigenvalue weighted by molar-refractivity contribution is 6.35. The Kier molecular flexibility index (Phi) is 5.97. The average Bonchev–Trinajstić information content (AvgIpc) is 2.54. The second-order valence-corrected chi connectivity index (χ2v) is 4.72. The van der Waals surface area contributed by atoms with E-state index in [1.165, 1.54) is 12.8 Å². The van der Waals surface area contributed by atoms with E-state index in [1.54, 1.807) is 6.92 Å². The van der Waals surface area contributed by atoms with Crippen LogP contribution in [0.1, 0.15) is 45.4 Å². The van der Waals surface area contributed by atoms with Gasteiger partial charge in [0, 0.05) is 12.6 Å². The third kappa shape index (κ3) is 5.68. The summed E-state index contributed by atoms with van der Waals surface area (Å²) in [5.41, 5.74) is 0. The van der Waals surface area contributed by atoms with Gasteiger partial charge < -0.3 is 15.7 Å². The van der Waals surface area contributed by atoms with Crippen LogP contribution in [0.2, 0.25) is 0 Å². The molecule has 0 saturated heterocycles. The summed E-state index contributed by atoms with van der Waals surface area (Å²) in [6.07, 6.45) is 5.91. The Morgan fingerprint density at radius 2 is 1.76 bits per heavy atom. The minimum atomic E-state index is -0.657. The van der Waals surface area contributed by atoms with E-state index in [0.29, 0.717) is 0 Å². The number of hydrogen-bond acceptors (Lipinski definition) is 3. The molecular formula is C12H22N2O3. The molecule has 98 valence electrons. The van der Waals surface area contributed by atoms with E-state index < -0.39 is 17.9 Å². The van der Waals surface area contributed by atoms with Gasteiger partial charge in [0.15, 0.2) is 0 Å². The predicted molar refractivity (Wildman–Crippen MR) is 64.3 cm³/mol. The van der Waals surface area contributed by atoms with Crippen molar-refractivity contribution in [3.05, 3.63) is 0 Å². The van der Waals surface area contributed by atoms with Crippen LogP contribution in [0.5, 0.6) is 0 Å². The molecule has 0 radical (unpaired) electrons. The van der Waals surface area contributed by atoms with Crippen LogP contribution in [-0.2, 0) is 9.59 Å². The highest BCUT2D eigenvalue weighted by Gasteiger charge is 2.19. The fourth-order valence-electron chi connectivity index (χ4n) is 2.00. The first kappa shape index (κ1) is 14.0. The fraction of sp³-hybridized carbons (Fsp3) is 0.833. The van der Waals surface area contributed by atoms with Gasteiger partial charge in [-0.05, 0) is 19.8 Å². The summed E-state index contributed by atoms with van der Waals surface area (Å²) in [6.45, 7) is 1.67. The lowest BCUT2D eigenvalue weighted by molar-refractivity contribution is -0.139. The highest BCUT2D eigenvalue weighted by atomic mass is 16.3. The number of amides is 2. The van der Waals surface area contributed by atoms with Gasteiger partial charge in [0.1, 0.15) is 0 Å². The molecule has 0 aromatic rings. The molecule has 0 heterocycles. The van der Waals surface area contributed by atoms with Crippen molar-refractivity contribution >= 4 is 11.8 Å². The van der Waals surface area contributed by atoms with Gasteiger partial charge >= 0.3 is 11.8 Å². The first-order chi connectivity index (χ1) is 8.09. The molecule has 5 heteroatoms. The maximum atomic E-state index is 11.5. The number of aliphatic hydroxyl groups is 1. The molecule has 1 rings (SSSR count). The molecule has 5 nitrogen and oxygen atoms in total. The van der Waals surface area contributed by atoms with Crippen LogP contribution in [0.3, 0.4) is 0 Å². The Bertz CT molecular complexity index is 258. The maximum Gasteiger partial charge on any atom is 0.309 e. The van der Waals surface area contributed by atoms with E-state index in [0.717, 1.165) is 25.7 Å². The average molecular weight is 242 g/mol. The summed E-state index contributed by atoms with van der Waals surface area (Å²) < 4.78 is 0. The van der Waals surface area contributed by atoms with Crippen LogP contribution in [-0.4, -0.2) is 35.6 Å². The van der Waals surface area contributed by atoms with Gasteiger partial charge in [0.2, 0.25) is 0 Å². The monoisotopic (exact) mass is 242 g/mol. The summed E-state index contributed by atoms with van der Waals surface area (Å²) in [6, 6.07) is 0.127.